The van der Waals surface area contributed by atoms with Crippen LogP contribution in [-0.4, -0.2) is 29.7 Å². The zero-order valence-corrected chi connectivity index (χ0v) is 13.3. The lowest BCUT2D eigenvalue weighted by atomic mass is 9.84. The highest BCUT2D eigenvalue weighted by Gasteiger charge is 2.42. The fourth-order valence-electron chi connectivity index (χ4n) is 4.08. The molecule has 5 atom stereocenters. The zero-order chi connectivity index (χ0) is 15.6. The Balaban J connectivity index is 1.75. The highest BCUT2D eigenvalue weighted by molar-refractivity contribution is 5.76. The Morgan fingerprint density at radius 3 is 2.38 bits per heavy atom. The van der Waals surface area contributed by atoms with Gasteiger partial charge in [-0.25, -0.2) is 4.79 Å². The molecule has 2 amide bonds. The van der Waals surface area contributed by atoms with Gasteiger partial charge in [0, 0.05) is 12.6 Å². The van der Waals surface area contributed by atoms with E-state index in [-0.39, 0.29) is 24.5 Å². The van der Waals surface area contributed by atoms with Gasteiger partial charge in [-0.1, -0.05) is 20.3 Å². The van der Waals surface area contributed by atoms with E-state index in [0.717, 1.165) is 11.8 Å². The molecule has 0 aromatic carbocycles. The minimum absolute atomic E-state index is 0.00536. The predicted molar refractivity (Wildman–Crippen MR) is 80.9 cm³/mol. The highest BCUT2D eigenvalue weighted by Crippen LogP contribution is 2.49. The van der Waals surface area contributed by atoms with Crippen LogP contribution in [0.1, 0.15) is 46.5 Å². The van der Waals surface area contributed by atoms with E-state index in [1.165, 1.54) is 25.7 Å². The van der Waals surface area contributed by atoms with E-state index in [1.54, 1.807) is 0 Å². The maximum absolute atomic E-state index is 12.0. The van der Waals surface area contributed by atoms with Crippen molar-refractivity contribution in [3.63, 3.8) is 0 Å². The molecular formula is C16H28N2O3. The Labute approximate surface area is 126 Å². The number of urea groups is 1. The third-order valence-electron chi connectivity index (χ3n) is 5.40. The van der Waals surface area contributed by atoms with Crippen molar-refractivity contribution in [1.82, 2.24) is 10.6 Å². The van der Waals surface area contributed by atoms with Gasteiger partial charge in [-0.05, 0) is 49.9 Å². The predicted octanol–water partition coefficient (Wildman–Crippen LogP) is 2.47. The smallest absolute Gasteiger partial charge is 0.315 e. The van der Waals surface area contributed by atoms with Crippen LogP contribution in [-0.2, 0) is 4.79 Å². The second-order valence-corrected chi connectivity index (χ2v) is 7.17. The Hall–Kier alpha value is -1.26. The second-order valence-electron chi connectivity index (χ2n) is 7.17. The molecule has 0 saturated heterocycles. The molecule has 5 unspecified atom stereocenters. The first kappa shape index (κ1) is 16.1. The number of rotatable bonds is 6. The van der Waals surface area contributed by atoms with E-state index < -0.39 is 11.9 Å². The van der Waals surface area contributed by atoms with Crippen molar-refractivity contribution in [2.45, 2.75) is 52.5 Å². The van der Waals surface area contributed by atoms with E-state index in [9.17, 15) is 9.59 Å². The van der Waals surface area contributed by atoms with Crippen molar-refractivity contribution in [1.29, 1.82) is 0 Å². The van der Waals surface area contributed by atoms with Gasteiger partial charge in [0.05, 0.1) is 5.92 Å². The zero-order valence-electron chi connectivity index (χ0n) is 13.3. The third kappa shape index (κ3) is 3.89. The Bertz CT molecular complexity index is 397. The molecule has 120 valence electrons. The maximum atomic E-state index is 12.0. The first-order valence-electron chi connectivity index (χ1n) is 8.15. The number of fused-ring (bicyclic) bond motifs is 2. The van der Waals surface area contributed by atoms with Crippen molar-refractivity contribution >= 4 is 12.0 Å². The maximum Gasteiger partial charge on any atom is 0.315 e. The standard InChI is InChI=1S/C16H28N2O3/c1-9(2)14(15(19)20)8-17-16(21)18-10(3)13-7-11-4-5-12(13)6-11/h9-14H,4-8H2,1-3H3,(H,19,20)(H2,17,18,21). The van der Waals surface area contributed by atoms with E-state index >= 15 is 0 Å². The second kappa shape index (κ2) is 6.67. The molecule has 5 heteroatoms. The van der Waals surface area contributed by atoms with Crippen molar-refractivity contribution < 1.29 is 14.7 Å². The molecule has 0 spiro atoms. The van der Waals surface area contributed by atoms with E-state index in [4.69, 9.17) is 5.11 Å². The molecule has 2 aliphatic carbocycles. The molecular weight excluding hydrogens is 268 g/mol. The number of carboxylic acid groups (broad SMARTS) is 1. The van der Waals surface area contributed by atoms with E-state index in [1.807, 2.05) is 13.8 Å². The van der Waals surface area contributed by atoms with Gasteiger partial charge < -0.3 is 15.7 Å². The van der Waals surface area contributed by atoms with Crippen LogP contribution >= 0.6 is 0 Å². The molecule has 0 aliphatic heterocycles. The molecule has 2 bridgehead atoms. The molecule has 3 N–H and O–H groups in total. The molecule has 0 aromatic rings. The summed E-state index contributed by atoms with van der Waals surface area (Å²) in [6, 6.07) is -0.0696. The van der Waals surface area contributed by atoms with Crippen LogP contribution < -0.4 is 10.6 Å². The number of carboxylic acids is 1. The number of carbonyl (C=O) groups excluding carboxylic acids is 1. The van der Waals surface area contributed by atoms with Gasteiger partial charge in [0.2, 0.25) is 0 Å². The summed E-state index contributed by atoms with van der Waals surface area (Å²) in [5.74, 6) is 0.845. The van der Waals surface area contributed by atoms with Gasteiger partial charge in [0.1, 0.15) is 0 Å². The van der Waals surface area contributed by atoms with Crippen molar-refractivity contribution in [2.75, 3.05) is 6.54 Å². The fraction of sp³-hybridized carbons (Fsp3) is 0.875. The summed E-state index contributed by atoms with van der Waals surface area (Å²) in [4.78, 5) is 23.1. The quantitative estimate of drug-likeness (QED) is 0.704. The lowest BCUT2D eigenvalue weighted by Crippen LogP contribution is -2.47. The molecule has 2 fully saturated rings. The Morgan fingerprint density at radius 2 is 1.90 bits per heavy atom. The Kier molecular flexibility index (Phi) is 5.12. The lowest BCUT2D eigenvalue weighted by Gasteiger charge is -2.28. The summed E-state index contributed by atoms with van der Waals surface area (Å²) in [6.07, 6.45) is 5.22. The third-order valence-corrected chi connectivity index (χ3v) is 5.40. The van der Waals surface area contributed by atoms with Crippen LogP contribution in [0.25, 0.3) is 0 Å². The average molecular weight is 296 g/mol. The lowest BCUT2D eigenvalue weighted by molar-refractivity contribution is -0.142. The van der Waals surface area contributed by atoms with Crippen LogP contribution in [0.4, 0.5) is 4.79 Å². The summed E-state index contributed by atoms with van der Waals surface area (Å²) in [7, 11) is 0. The van der Waals surface area contributed by atoms with Crippen LogP contribution in [0, 0.1) is 29.6 Å². The normalized spacial score (nSPS) is 30.2. The van der Waals surface area contributed by atoms with Crippen molar-refractivity contribution in [2.24, 2.45) is 29.6 Å². The van der Waals surface area contributed by atoms with Crippen LogP contribution in [0.5, 0.6) is 0 Å². The van der Waals surface area contributed by atoms with E-state index in [0.29, 0.717) is 5.92 Å². The summed E-state index contributed by atoms with van der Waals surface area (Å²) < 4.78 is 0. The first-order valence-corrected chi connectivity index (χ1v) is 8.15. The molecule has 0 heterocycles. The van der Waals surface area contributed by atoms with Crippen LogP contribution in [0.15, 0.2) is 0 Å². The summed E-state index contributed by atoms with van der Waals surface area (Å²) in [5, 5.41) is 14.8. The minimum Gasteiger partial charge on any atom is -0.481 e. The summed E-state index contributed by atoms with van der Waals surface area (Å²) in [5.41, 5.74) is 0. The van der Waals surface area contributed by atoms with Crippen molar-refractivity contribution in [3.8, 4) is 0 Å². The van der Waals surface area contributed by atoms with Crippen molar-refractivity contribution in [3.05, 3.63) is 0 Å². The molecule has 2 rings (SSSR count). The summed E-state index contributed by atoms with van der Waals surface area (Å²) in [6.45, 7) is 5.97. The number of nitrogens with one attached hydrogen (secondary N) is 2. The monoisotopic (exact) mass is 296 g/mol. The molecule has 2 aliphatic rings. The van der Waals surface area contributed by atoms with Crippen LogP contribution in [0.3, 0.4) is 0 Å². The molecule has 0 aromatic heterocycles. The summed E-state index contributed by atoms with van der Waals surface area (Å²) >= 11 is 0. The number of hydrogen-bond acceptors (Lipinski definition) is 2. The number of hydrogen-bond donors (Lipinski definition) is 3. The van der Waals surface area contributed by atoms with Gasteiger partial charge in [0.25, 0.3) is 0 Å². The van der Waals surface area contributed by atoms with Crippen LogP contribution in [0.2, 0.25) is 0 Å². The number of aliphatic carboxylic acids is 1. The van der Waals surface area contributed by atoms with Gasteiger partial charge in [-0.2, -0.15) is 0 Å². The largest absolute Gasteiger partial charge is 0.481 e. The average Bonchev–Trinajstić information content (AvgIpc) is 3.00. The van der Waals surface area contributed by atoms with Gasteiger partial charge in [0.15, 0.2) is 0 Å². The fourth-order valence-corrected chi connectivity index (χ4v) is 4.08. The Morgan fingerprint density at radius 1 is 1.19 bits per heavy atom. The number of amides is 2. The molecule has 5 nitrogen and oxygen atoms in total. The topological polar surface area (TPSA) is 78.4 Å². The van der Waals surface area contributed by atoms with E-state index in [2.05, 4.69) is 17.6 Å². The molecule has 21 heavy (non-hydrogen) atoms. The van der Waals surface area contributed by atoms with Gasteiger partial charge in [-0.15, -0.1) is 0 Å². The minimum atomic E-state index is -0.855. The first-order chi connectivity index (χ1) is 9.88. The van der Waals surface area contributed by atoms with Gasteiger partial charge >= 0.3 is 12.0 Å². The molecule has 0 radical (unpaired) electrons. The highest BCUT2D eigenvalue weighted by atomic mass is 16.4. The number of carbonyl (C=O) groups is 2. The molecule has 2 saturated carbocycles. The van der Waals surface area contributed by atoms with Gasteiger partial charge in [-0.3, -0.25) is 4.79 Å². The SMILES string of the molecule is CC(C)C(CNC(=O)NC(C)C1CC2CCC1C2)C(=O)O.